The molecule has 0 saturated carbocycles. The lowest BCUT2D eigenvalue weighted by molar-refractivity contribution is -0.117. The second-order valence-electron chi connectivity index (χ2n) is 6.94. The molecule has 7 heteroatoms. The third-order valence-corrected chi connectivity index (χ3v) is 5.14. The van der Waals surface area contributed by atoms with E-state index in [2.05, 4.69) is 10.3 Å². The highest BCUT2D eigenvalue weighted by Crippen LogP contribution is 2.30. The molecule has 0 radical (unpaired) electrons. The summed E-state index contributed by atoms with van der Waals surface area (Å²) in [5.74, 6) is 1.07. The molecule has 0 atom stereocenters. The highest BCUT2D eigenvalue weighted by atomic mass is 35.5. The fraction of sp³-hybridized carbons (Fsp3) is 0.227. The van der Waals surface area contributed by atoms with Gasteiger partial charge in [0.25, 0.3) is 0 Å². The predicted octanol–water partition coefficient (Wildman–Crippen LogP) is 4.48. The highest BCUT2D eigenvalue weighted by Gasteiger charge is 2.22. The zero-order valence-corrected chi connectivity index (χ0v) is 16.7. The van der Waals surface area contributed by atoms with Crippen molar-refractivity contribution < 1.29 is 14.0 Å². The molecule has 0 bridgehead atoms. The Balaban J connectivity index is 1.34. The van der Waals surface area contributed by atoms with Gasteiger partial charge in [0.05, 0.1) is 6.20 Å². The molecule has 2 aromatic carbocycles. The number of benzene rings is 2. The number of amides is 2. The first-order chi connectivity index (χ1) is 14.0. The molecule has 0 spiro atoms. The molecule has 148 valence electrons. The fourth-order valence-electron chi connectivity index (χ4n) is 3.42. The SMILES string of the molecule is CC(=O)N1CCc2cc(NC(=O)CCc3ncc(-c4ccc(Cl)cc4)o3)ccc21. The third-order valence-electron chi connectivity index (χ3n) is 4.89. The van der Waals surface area contributed by atoms with Crippen LogP contribution in [0.4, 0.5) is 11.4 Å². The van der Waals surface area contributed by atoms with Crippen LogP contribution in [0.15, 0.2) is 53.1 Å². The van der Waals surface area contributed by atoms with Crippen LogP contribution in [0.2, 0.25) is 5.02 Å². The van der Waals surface area contributed by atoms with Gasteiger partial charge in [0.2, 0.25) is 11.8 Å². The number of anilines is 2. The molecule has 1 aromatic heterocycles. The second kappa shape index (κ2) is 8.09. The number of oxazole rings is 1. The van der Waals surface area contributed by atoms with E-state index in [0.29, 0.717) is 29.6 Å². The topological polar surface area (TPSA) is 75.4 Å². The number of halogens is 1. The number of carbonyl (C=O) groups excluding carboxylic acids is 2. The first-order valence-electron chi connectivity index (χ1n) is 9.41. The summed E-state index contributed by atoms with van der Waals surface area (Å²) >= 11 is 5.90. The fourth-order valence-corrected chi connectivity index (χ4v) is 3.55. The lowest BCUT2D eigenvalue weighted by atomic mass is 10.1. The number of carbonyl (C=O) groups is 2. The van der Waals surface area contributed by atoms with E-state index in [0.717, 1.165) is 28.9 Å². The molecule has 1 aliphatic heterocycles. The number of hydrogen-bond donors (Lipinski definition) is 1. The van der Waals surface area contributed by atoms with E-state index in [1.165, 1.54) is 0 Å². The highest BCUT2D eigenvalue weighted by molar-refractivity contribution is 6.30. The first-order valence-corrected chi connectivity index (χ1v) is 9.79. The Hall–Kier alpha value is -3.12. The van der Waals surface area contributed by atoms with E-state index in [9.17, 15) is 9.59 Å². The Kier molecular flexibility index (Phi) is 5.36. The Morgan fingerprint density at radius 2 is 2.00 bits per heavy atom. The van der Waals surface area contributed by atoms with E-state index < -0.39 is 0 Å². The van der Waals surface area contributed by atoms with Gasteiger partial charge in [-0.25, -0.2) is 4.98 Å². The van der Waals surface area contributed by atoms with Gasteiger partial charge < -0.3 is 14.6 Å². The number of aryl methyl sites for hydroxylation is 1. The molecule has 2 amide bonds. The molecule has 2 heterocycles. The van der Waals surface area contributed by atoms with Crippen LogP contribution in [0, 0.1) is 0 Å². The minimum absolute atomic E-state index is 0.0319. The summed E-state index contributed by atoms with van der Waals surface area (Å²) in [7, 11) is 0. The van der Waals surface area contributed by atoms with Crippen LogP contribution in [0.25, 0.3) is 11.3 Å². The monoisotopic (exact) mass is 409 g/mol. The van der Waals surface area contributed by atoms with Gasteiger partial charge in [0.15, 0.2) is 11.7 Å². The normalized spacial score (nSPS) is 12.7. The summed E-state index contributed by atoms with van der Waals surface area (Å²) in [5, 5.41) is 3.56. The Labute approximate surface area is 173 Å². The maximum Gasteiger partial charge on any atom is 0.224 e. The Morgan fingerprint density at radius 3 is 2.76 bits per heavy atom. The summed E-state index contributed by atoms with van der Waals surface area (Å²) in [6, 6.07) is 12.9. The van der Waals surface area contributed by atoms with Gasteiger partial charge in [-0.15, -0.1) is 0 Å². The number of aromatic nitrogens is 1. The number of nitrogens with one attached hydrogen (secondary N) is 1. The zero-order chi connectivity index (χ0) is 20.4. The molecule has 29 heavy (non-hydrogen) atoms. The van der Waals surface area contributed by atoms with Crippen LogP contribution in [-0.4, -0.2) is 23.3 Å². The maximum atomic E-state index is 12.3. The molecular formula is C22H20ClN3O3. The van der Waals surface area contributed by atoms with Crippen LogP contribution in [0.5, 0.6) is 0 Å². The standard InChI is InChI=1S/C22H20ClN3O3/c1-14(27)26-11-10-16-12-18(6-7-19(16)26)25-21(28)8-9-22-24-13-20(29-22)15-2-4-17(23)5-3-15/h2-7,12-13H,8-11H2,1H3,(H,25,28). The molecule has 3 aromatic rings. The van der Waals surface area contributed by atoms with Crippen molar-refractivity contribution >= 4 is 34.8 Å². The second-order valence-corrected chi connectivity index (χ2v) is 7.37. The van der Waals surface area contributed by atoms with Gasteiger partial charge in [0.1, 0.15) is 0 Å². The van der Waals surface area contributed by atoms with Crippen molar-refractivity contribution in [2.45, 2.75) is 26.2 Å². The minimum atomic E-state index is -0.113. The quantitative estimate of drug-likeness (QED) is 0.674. The van der Waals surface area contributed by atoms with Crippen molar-refractivity contribution in [2.24, 2.45) is 0 Å². The van der Waals surface area contributed by atoms with Crippen molar-refractivity contribution in [2.75, 3.05) is 16.8 Å². The number of fused-ring (bicyclic) bond motifs is 1. The lowest BCUT2D eigenvalue weighted by Gasteiger charge is -2.15. The van der Waals surface area contributed by atoms with Crippen LogP contribution in [0.1, 0.15) is 24.8 Å². The Bertz CT molecular complexity index is 1060. The van der Waals surface area contributed by atoms with Crippen molar-refractivity contribution in [1.82, 2.24) is 4.98 Å². The largest absolute Gasteiger partial charge is 0.441 e. The molecule has 4 rings (SSSR count). The lowest BCUT2D eigenvalue weighted by Crippen LogP contribution is -2.25. The first kappa shape index (κ1) is 19.2. The molecule has 0 saturated heterocycles. The minimum Gasteiger partial charge on any atom is -0.441 e. The van der Waals surface area contributed by atoms with Gasteiger partial charge in [-0.2, -0.15) is 0 Å². The van der Waals surface area contributed by atoms with Gasteiger partial charge in [0, 0.05) is 48.3 Å². The summed E-state index contributed by atoms with van der Waals surface area (Å²) in [4.78, 5) is 29.9. The average molecular weight is 410 g/mol. The molecular weight excluding hydrogens is 390 g/mol. The van der Waals surface area contributed by atoms with Crippen LogP contribution in [0.3, 0.4) is 0 Å². The van der Waals surface area contributed by atoms with Gasteiger partial charge >= 0.3 is 0 Å². The Morgan fingerprint density at radius 1 is 1.21 bits per heavy atom. The predicted molar refractivity (Wildman–Crippen MR) is 112 cm³/mol. The van der Waals surface area contributed by atoms with E-state index in [1.807, 2.05) is 30.3 Å². The molecule has 1 N–H and O–H groups in total. The molecule has 6 nitrogen and oxygen atoms in total. The van der Waals surface area contributed by atoms with Crippen LogP contribution >= 0.6 is 11.6 Å². The molecule has 1 aliphatic rings. The van der Waals surface area contributed by atoms with E-state index >= 15 is 0 Å². The summed E-state index contributed by atoms with van der Waals surface area (Å²) in [6.07, 6.45) is 3.11. The van der Waals surface area contributed by atoms with Gasteiger partial charge in [-0.3, -0.25) is 9.59 Å². The number of nitrogens with zero attached hydrogens (tertiary/aromatic N) is 2. The van der Waals surface area contributed by atoms with E-state index in [-0.39, 0.29) is 18.2 Å². The average Bonchev–Trinajstić information content (AvgIpc) is 3.34. The van der Waals surface area contributed by atoms with Crippen LogP contribution in [-0.2, 0) is 22.4 Å². The number of rotatable bonds is 5. The summed E-state index contributed by atoms with van der Waals surface area (Å²) in [5.41, 5.74) is 3.60. The summed E-state index contributed by atoms with van der Waals surface area (Å²) < 4.78 is 5.73. The molecule has 0 fully saturated rings. The molecule has 0 aliphatic carbocycles. The van der Waals surface area contributed by atoms with E-state index in [4.69, 9.17) is 16.0 Å². The smallest absolute Gasteiger partial charge is 0.224 e. The van der Waals surface area contributed by atoms with Gasteiger partial charge in [-0.1, -0.05) is 11.6 Å². The maximum absolute atomic E-state index is 12.3. The zero-order valence-electron chi connectivity index (χ0n) is 15.9. The third kappa shape index (κ3) is 4.32. The van der Waals surface area contributed by atoms with E-state index in [1.54, 1.807) is 30.2 Å². The summed E-state index contributed by atoms with van der Waals surface area (Å²) in [6.45, 7) is 2.24. The van der Waals surface area contributed by atoms with Gasteiger partial charge in [-0.05, 0) is 54.4 Å². The van der Waals surface area contributed by atoms with Crippen molar-refractivity contribution in [1.29, 1.82) is 0 Å². The number of hydrogen-bond acceptors (Lipinski definition) is 4. The van der Waals surface area contributed by atoms with Crippen molar-refractivity contribution in [3.63, 3.8) is 0 Å². The van der Waals surface area contributed by atoms with Crippen LogP contribution < -0.4 is 10.2 Å². The van der Waals surface area contributed by atoms with Crippen molar-refractivity contribution in [3.8, 4) is 11.3 Å². The molecule has 0 unspecified atom stereocenters. The van der Waals surface area contributed by atoms with Crippen molar-refractivity contribution in [3.05, 3.63) is 65.1 Å².